The first kappa shape index (κ1) is 19.3. The second-order valence-corrected chi connectivity index (χ2v) is 9.54. The van der Waals surface area contributed by atoms with Gasteiger partial charge < -0.3 is 13.8 Å². The van der Waals surface area contributed by atoms with E-state index in [1.165, 1.54) is 0 Å². The zero-order valence-electron chi connectivity index (χ0n) is 11.7. The maximum absolute atomic E-state index is 5.81. The maximum Gasteiger partial charge on any atom is -0.358 e. The van der Waals surface area contributed by atoms with Gasteiger partial charge in [0.1, 0.15) is 0 Å². The van der Waals surface area contributed by atoms with Crippen molar-refractivity contribution in [1.82, 2.24) is 0 Å². The summed E-state index contributed by atoms with van der Waals surface area (Å²) in [5, 5.41) is 0. The van der Waals surface area contributed by atoms with Crippen LogP contribution in [0.25, 0.3) is 0 Å². The average molecular weight is 343 g/mol. The Kier molecular flexibility index (Phi) is 11.2. The summed E-state index contributed by atoms with van der Waals surface area (Å²) in [4.78, 5) is 0. The molecular formula is C14H24OPdSi-2. The van der Waals surface area contributed by atoms with Crippen LogP contribution in [0.1, 0.15) is 19.4 Å². The number of hydrogen-bond acceptors (Lipinski definition) is 1. The molecule has 0 spiro atoms. The van der Waals surface area contributed by atoms with Crippen LogP contribution in [-0.4, -0.2) is 12.5 Å². The fourth-order valence-corrected chi connectivity index (χ4v) is 3.17. The molecule has 0 aliphatic carbocycles. The SMILES string of the molecule is C[CH-]C.C[Si](C)(C)O[C](=[Pd])c1ccccc1.[CH3-]. The molecule has 0 saturated carbocycles. The first-order valence-electron chi connectivity index (χ1n) is 5.38. The van der Waals surface area contributed by atoms with Crippen LogP contribution >= 0.6 is 0 Å². The Hall–Kier alpha value is -0.0708. The van der Waals surface area contributed by atoms with Crippen molar-refractivity contribution < 1.29 is 23.2 Å². The summed E-state index contributed by atoms with van der Waals surface area (Å²) in [5.74, 6) is 0. The smallest absolute Gasteiger partial charge is 0.358 e. The molecule has 0 unspecified atom stereocenters. The Bertz CT molecular complexity index is 304. The van der Waals surface area contributed by atoms with Crippen LogP contribution in [0, 0.1) is 13.8 Å². The molecule has 1 rings (SSSR count). The molecule has 0 heterocycles. The molecule has 102 valence electrons. The van der Waals surface area contributed by atoms with Gasteiger partial charge in [-0.25, -0.2) is 0 Å². The van der Waals surface area contributed by atoms with E-state index < -0.39 is 8.32 Å². The molecule has 0 aliphatic rings. The summed E-state index contributed by atoms with van der Waals surface area (Å²) in [7, 11) is -1.48. The molecule has 0 fully saturated rings. The molecule has 1 aromatic carbocycles. The van der Waals surface area contributed by atoms with Gasteiger partial charge in [0, 0.05) is 0 Å². The number of benzene rings is 1. The quantitative estimate of drug-likeness (QED) is 0.589. The van der Waals surface area contributed by atoms with Gasteiger partial charge in [0.2, 0.25) is 0 Å². The Morgan fingerprint density at radius 1 is 1.12 bits per heavy atom. The van der Waals surface area contributed by atoms with Gasteiger partial charge in [-0.1, -0.05) is 0 Å². The van der Waals surface area contributed by atoms with E-state index in [1.54, 1.807) is 0 Å². The van der Waals surface area contributed by atoms with E-state index in [1.807, 2.05) is 50.6 Å². The van der Waals surface area contributed by atoms with E-state index in [2.05, 4.69) is 38.4 Å². The first-order valence-corrected chi connectivity index (χ1v) is 9.57. The zero-order valence-corrected chi connectivity index (χ0v) is 14.2. The van der Waals surface area contributed by atoms with Gasteiger partial charge in [-0.2, -0.15) is 13.8 Å². The van der Waals surface area contributed by atoms with E-state index in [9.17, 15) is 0 Å². The van der Waals surface area contributed by atoms with Gasteiger partial charge in [-0.15, -0.1) is 0 Å². The molecule has 0 N–H and O–H groups in total. The third kappa shape index (κ3) is 10.8. The molecule has 1 aromatic rings. The van der Waals surface area contributed by atoms with Crippen LogP contribution in [-0.2, 0) is 23.2 Å². The third-order valence-corrected chi connectivity index (χ3v) is 3.08. The predicted octanol–water partition coefficient (Wildman–Crippen LogP) is 4.24. The number of hydrogen-bond donors (Lipinski definition) is 0. The Labute approximate surface area is 119 Å². The van der Waals surface area contributed by atoms with Gasteiger partial charge in [0.25, 0.3) is 0 Å². The van der Waals surface area contributed by atoms with Gasteiger partial charge in [-0.3, -0.25) is 0 Å². The van der Waals surface area contributed by atoms with Crippen LogP contribution in [0.15, 0.2) is 30.3 Å². The van der Waals surface area contributed by atoms with E-state index in [4.69, 9.17) is 4.43 Å². The fourth-order valence-electron chi connectivity index (χ4n) is 0.868. The summed E-state index contributed by atoms with van der Waals surface area (Å²) in [6.45, 7) is 10.5. The number of rotatable bonds is 3. The molecule has 0 amide bonds. The van der Waals surface area contributed by atoms with E-state index in [0.29, 0.717) is 0 Å². The molecule has 0 saturated heterocycles. The minimum Gasteiger partial charge on any atom is -0.358 e. The fraction of sp³-hybridized carbons (Fsp3) is 0.357. The summed E-state index contributed by atoms with van der Waals surface area (Å²) >= 11 is 3.17. The molecule has 0 bridgehead atoms. The van der Waals surface area contributed by atoms with E-state index in [-0.39, 0.29) is 7.43 Å². The van der Waals surface area contributed by atoms with Crippen LogP contribution in [0.3, 0.4) is 0 Å². The molecule has 0 aliphatic heterocycles. The van der Waals surface area contributed by atoms with Crippen molar-refractivity contribution in [3.63, 3.8) is 0 Å². The topological polar surface area (TPSA) is 9.23 Å². The third-order valence-electron chi connectivity index (χ3n) is 1.37. The van der Waals surface area contributed by atoms with Gasteiger partial charge in [-0.05, 0) is 0 Å². The largest absolute Gasteiger partial charge is 0.358 e. The summed E-state index contributed by atoms with van der Waals surface area (Å²) in [5.41, 5.74) is 1.12. The van der Waals surface area contributed by atoms with Crippen molar-refractivity contribution in [2.24, 2.45) is 0 Å². The molecule has 17 heavy (non-hydrogen) atoms. The van der Waals surface area contributed by atoms with Crippen LogP contribution < -0.4 is 0 Å². The van der Waals surface area contributed by atoms with Crippen LogP contribution in [0.5, 0.6) is 0 Å². The van der Waals surface area contributed by atoms with Crippen molar-refractivity contribution in [1.29, 1.82) is 0 Å². The predicted molar refractivity (Wildman–Crippen MR) is 77.0 cm³/mol. The van der Waals surface area contributed by atoms with Crippen LogP contribution in [0.4, 0.5) is 0 Å². The normalized spacial score (nSPS) is 9.82. The van der Waals surface area contributed by atoms with Crippen molar-refractivity contribution >= 4 is 12.5 Å². The van der Waals surface area contributed by atoms with Gasteiger partial charge in [0.05, 0.1) is 0 Å². The molecule has 1 nitrogen and oxygen atoms in total. The van der Waals surface area contributed by atoms with E-state index >= 15 is 0 Å². The first-order chi connectivity index (χ1) is 7.40. The standard InChI is InChI=1S/C10H14OSi.C3H7.CH3.Pd/c1-12(2,3)11-9-10-7-5-4-6-8-10;1-3-2;;/h4-8H,1-3H3;3H,1-2H3;1H3;/q;2*-1;. The van der Waals surface area contributed by atoms with E-state index in [0.717, 1.165) is 9.73 Å². The molecule has 3 heteroatoms. The monoisotopic (exact) mass is 342 g/mol. The molecule has 0 atom stereocenters. The van der Waals surface area contributed by atoms with Crippen molar-refractivity contribution in [2.75, 3.05) is 0 Å². The Morgan fingerprint density at radius 2 is 1.53 bits per heavy atom. The van der Waals surface area contributed by atoms with Crippen LogP contribution in [0.2, 0.25) is 19.6 Å². The summed E-state index contributed by atoms with van der Waals surface area (Å²) < 4.78 is 6.70. The van der Waals surface area contributed by atoms with Crippen molar-refractivity contribution in [2.45, 2.75) is 33.5 Å². The second-order valence-electron chi connectivity index (χ2n) is 4.40. The zero-order chi connectivity index (χ0) is 12.6. The summed E-state index contributed by atoms with van der Waals surface area (Å²) in [6, 6.07) is 10.1. The van der Waals surface area contributed by atoms with Crippen molar-refractivity contribution in [3.05, 3.63) is 49.7 Å². The van der Waals surface area contributed by atoms with Crippen molar-refractivity contribution in [3.8, 4) is 0 Å². The van der Waals surface area contributed by atoms with Gasteiger partial charge in [0.15, 0.2) is 0 Å². The minimum atomic E-state index is -1.48. The second kappa shape index (κ2) is 9.91. The Balaban J connectivity index is 0. The molecular weight excluding hydrogens is 319 g/mol. The van der Waals surface area contributed by atoms with Gasteiger partial charge >= 0.3 is 91.2 Å². The Morgan fingerprint density at radius 3 is 1.88 bits per heavy atom. The summed E-state index contributed by atoms with van der Waals surface area (Å²) in [6.07, 6.45) is 2.00. The maximum atomic E-state index is 5.81. The molecule has 0 radical (unpaired) electrons. The minimum absolute atomic E-state index is 0. The average Bonchev–Trinajstić information content (AvgIpc) is 2.18. The molecule has 0 aromatic heterocycles.